The maximum absolute atomic E-state index is 10.4. The number of fused-ring (bicyclic) bond motifs is 2. The zero-order chi connectivity index (χ0) is 21.2. The normalized spacial score (nSPS) is 31.3. The van der Waals surface area contributed by atoms with Gasteiger partial charge in [0.15, 0.2) is 0 Å². The Bertz CT molecular complexity index is 727. The van der Waals surface area contributed by atoms with Gasteiger partial charge < -0.3 is 14.8 Å². The Hall–Kier alpha value is -1.43. The topological polar surface area (TPSA) is 48.3 Å². The van der Waals surface area contributed by atoms with E-state index in [9.17, 15) is 5.11 Å². The number of oxime groups is 1. The summed E-state index contributed by atoms with van der Waals surface area (Å²) < 4.78 is 0. The minimum absolute atomic E-state index is 0.165. The van der Waals surface area contributed by atoms with Gasteiger partial charge >= 0.3 is 0 Å². The lowest BCUT2D eigenvalue weighted by atomic mass is 9.70. The predicted octanol–water partition coefficient (Wildman–Crippen LogP) is 3.43. The number of rotatable bonds is 8. The van der Waals surface area contributed by atoms with Gasteiger partial charge in [-0.1, -0.05) is 56.3 Å². The van der Waals surface area contributed by atoms with Gasteiger partial charge in [-0.2, -0.15) is 0 Å². The van der Waals surface area contributed by atoms with Crippen molar-refractivity contribution in [2.24, 2.45) is 21.9 Å². The molecule has 0 spiro atoms. The molecule has 1 saturated heterocycles. The van der Waals surface area contributed by atoms with Crippen LogP contribution in [0.1, 0.15) is 45.6 Å². The van der Waals surface area contributed by atoms with Crippen LogP contribution in [-0.4, -0.2) is 72.6 Å². The molecule has 3 aliphatic rings. The molecule has 3 fully saturated rings. The van der Waals surface area contributed by atoms with Crippen LogP contribution in [0.25, 0.3) is 0 Å². The third-order valence-electron chi connectivity index (χ3n) is 8.45. The Morgan fingerprint density at radius 3 is 2.43 bits per heavy atom. The zero-order valence-corrected chi connectivity index (χ0v) is 19.0. The van der Waals surface area contributed by atoms with Crippen LogP contribution in [0.3, 0.4) is 0 Å². The van der Waals surface area contributed by atoms with Crippen molar-refractivity contribution in [3.8, 4) is 0 Å². The van der Waals surface area contributed by atoms with Crippen LogP contribution in [0, 0.1) is 16.7 Å². The minimum atomic E-state index is -0.482. The lowest BCUT2D eigenvalue weighted by molar-refractivity contribution is 0.00796. The van der Waals surface area contributed by atoms with Crippen LogP contribution >= 0.6 is 0 Å². The van der Waals surface area contributed by atoms with Crippen molar-refractivity contribution < 1.29 is 9.94 Å². The SMILES string of the molecule is CC1(C)[C@@H]2CC[C@@]1(C)/C(=N\OC[C@H](O)CN1CCN(CCc3ccccc3)CC1)C2. The van der Waals surface area contributed by atoms with Crippen LogP contribution < -0.4 is 0 Å². The van der Waals surface area contributed by atoms with E-state index in [2.05, 4.69) is 66.1 Å². The molecule has 4 rings (SSSR count). The van der Waals surface area contributed by atoms with Gasteiger partial charge in [-0.15, -0.1) is 0 Å². The van der Waals surface area contributed by atoms with Crippen molar-refractivity contribution in [3.63, 3.8) is 0 Å². The Morgan fingerprint density at radius 1 is 1.10 bits per heavy atom. The second-order valence-corrected chi connectivity index (χ2v) is 10.4. The lowest BCUT2D eigenvalue weighted by Crippen LogP contribution is -2.49. The van der Waals surface area contributed by atoms with Crippen molar-refractivity contribution >= 4 is 5.71 Å². The summed E-state index contributed by atoms with van der Waals surface area (Å²) in [6, 6.07) is 10.7. The molecular formula is C25H39N3O2. The van der Waals surface area contributed by atoms with Crippen molar-refractivity contribution in [3.05, 3.63) is 35.9 Å². The van der Waals surface area contributed by atoms with Gasteiger partial charge in [-0.25, -0.2) is 0 Å². The quantitative estimate of drug-likeness (QED) is 0.664. The average molecular weight is 414 g/mol. The Balaban J connectivity index is 1.15. The van der Waals surface area contributed by atoms with Crippen molar-refractivity contribution in [1.29, 1.82) is 0 Å². The van der Waals surface area contributed by atoms with Gasteiger partial charge in [0, 0.05) is 44.7 Å². The third-order valence-corrected chi connectivity index (χ3v) is 8.45. The van der Waals surface area contributed by atoms with Crippen molar-refractivity contribution in [1.82, 2.24) is 9.80 Å². The standard InChI is InChI=1S/C25H39N3O2/c1-24(2)21-9-11-25(24,3)23(17-21)26-30-19-22(29)18-28-15-13-27(14-16-28)12-10-20-7-5-4-6-8-20/h4-8,21-22,29H,9-19H2,1-3H3/b26-23-/t21-,22-,25+/m1/s1. The summed E-state index contributed by atoms with van der Waals surface area (Å²) >= 11 is 0. The molecule has 1 aromatic rings. The van der Waals surface area contributed by atoms with E-state index in [1.165, 1.54) is 24.1 Å². The Labute approximate surface area is 182 Å². The van der Waals surface area contributed by atoms with E-state index < -0.39 is 6.10 Å². The number of aliphatic hydroxyl groups is 1. The predicted molar refractivity (Wildman–Crippen MR) is 122 cm³/mol. The smallest absolute Gasteiger partial charge is 0.144 e. The van der Waals surface area contributed by atoms with Crippen LogP contribution in [-0.2, 0) is 11.3 Å². The molecule has 0 radical (unpaired) electrons. The summed E-state index contributed by atoms with van der Waals surface area (Å²) in [5.41, 5.74) is 3.09. The Morgan fingerprint density at radius 2 is 1.80 bits per heavy atom. The van der Waals surface area contributed by atoms with E-state index >= 15 is 0 Å². The maximum Gasteiger partial charge on any atom is 0.144 e. The first-order chi connectivity index (χ1) is 14.4. The number of hydrogen-bond acceptors (Lipinski definition) is 5. The molecule has 1 aliphatic heterocycles. The molecule has 0 unspecified atom stereocenters. The second kappa shape index (κ2) is 8.97. The molecule has 2 aliphatic carbocycles. The molecule has 5 nitrogen and oxygen atoms in total. The molecule has 1 aromatic carbocycles. The highest BCUT2D eigenvalue weighted by Gasteiger charge is 2.60. The van der Waals surface area contributed by atoms with Gasteiger partial charge in [-0.05, 0) is 42.6 Å². The van der Waals surface area contributed by atoms with E-state index in [1.54, 1.807) is 0 Å². The number of aliphatic hydroxyl groups excluding tert-OH is 1. The molecule has 1 N–H and O–H groups in total. The maximum atomic E-state index is 10.4. The van der Waals surface area contributed by atoms with Gasteiger partial charge in [0.1, 0.15) is 12.7 Å². The molecule has 0 aromatic heterocycles. The summed E-state index contributed by atoms with van der Waals surface area (Å²) in [7, 11) is 0. The number of hydrogen-bond donors (Lipinski definition) is 1. The summed E-state index contributed by atoms with van der Waals surface area (Å²) in [4.78, 5) is 10.5. The highest BCUT2D eigenvalue weighted by molar-refractivity contribution is 5.93. The van der Waals surface area contributed by atoms with Crippen LogP contribution in [0.4, 0.5) is 0 Å². The molecule has 3 atom stereocenters. The van der Waals surface area contributed by atoms with E-state index in [-0.39, 0.29) is 5.41 Å². The van der Waals surface area contributed by atoms with Crippen LogP contribution in [0.15, 0.2) is 35.5 Å². The summed E-state index contributed by atoms with van der Waals surface area (Å²) in [5.74, 6) is 0.730. The number of benzene rings is 1. The van der Waals surface area contributed by atoms with Gasteiger partial charge in [0.2, 0.25) is 0 Å². The van der Waals surface area contributed by atoms with Gasteiger partial charge in [0.25, 0.3) is 0 Å². The molecule has 0 amide bonds. The summed E-state index contributed by atoms with van der Waals surface area (Å²) in [6.07, 6.45) is 4.20. The largest absolute Gasteiger partial charge is 0.393 e. The fourth-order valence-corrected chi connectivity index (χ4v) is 5.75. The number of nitrogens with zero attached hydrogens (tertiary/aromatic N) is 3. The van der Waals surface area contributed by atoms with Gasteiger partial charge in [-0.3, -0.25) is 4.90 Å². The van der Waals surface area contributed by atoms with Gasteiger partial charge in [0.05, 0.1) is 5.71 Å². The molecule has 166 valence electrons. The molecule has 2 saturated carbocycles. The fourth-order valence-electron chi connectivity index (χ4n) is 5.75. The minimum Gasteiger partial charge on any atom is -0.393 e. The monoisotopic (exact) mass is 413 g/mol. The first-order valence-electron chi connectivity index (χ1n) is 11.7. The highest BCUT2D eigenvalue weighted by Crippen LogP contribution is 2.63. The lowest BCUT2D eigenvalue weighted by Gasteiger charge is -2.35. The number of piperazine rings is 1. The molecule has 2 bridgehead atoms. The summed E-state index contributed by atoms with van der Waals surface area (Å²) in [5, 5.41) is 14.9. The van der Waals surface area contributed by atoms with E-state index in [0.29, 0.717) is 18.6 Å². The van der Waals surface area contributed by atoms with E-state index in [0.717, 1.165) is 51.5 Å². The average Bonchev–Trinajstić information content (AvgIpc) is 3.08. The zero-order valence-electron chi connectivity index (χ0n) is 19.0. The van der Waals surface area contributed by atoms with E-state index in [1.807, 2.05) is 0 Å². The first-order valence-corrected chi connectivity index (χ1v) is 11.7. The van der Waals surface area contributed by atoms with Crippen molar-refractivity contribution in [2.75, 3.05) is 45.9 Å². The number of β-amino-alcohol motifs (C(OH)–C–C–N with tert-alkyl or cyclic N) is 1. The van der Waals surface area contributed by atoms with Crippen LogP contribution in [0.5, 0.6) is 0 Å². The molecule has 1 heterocycles. The molecule has 30 heavy (non-hydrogen) atoms. The van der Waals surface area contributed by atoms with Crippen LogP contribution in [0.2, 0.25) is 0 Å². The molecular weight excluding hydrogens is 374 g/mol. The fraction of sp³-hybridized carbons (Fsp3) is 0.720. The third kappa shape index (κ3) is 4.44. The molecule has 5 heteroatoms. The first kappa shape index (κ1) is 21.8. The highest BCUT2D eigenvalue weighted by atomic mass is 16.6. The van der Waals surface area contributed by atoms with Crippen molar-refractivity contribution in [2.45, 2.75) is 52.6 Å². The second-order valence-electron chi connectivity index (χ2n) is 10.4. The van der Waals surface area contributed by atoms with E-state index in [4.69, 9.17) is 4.84 Å². The Kier molecular flexibility index (Phi) is 6.52. The summed E-state index contributed by atoms with van der Waals surface area (Å²) in [6.45, 7) is 13.3.